The third-order valence-corrected chi connectivity index (χ3v) is 3.63. The van der Waals surface area contributed by atoms with Crippen LogP contribution >= 0.6 is 0 Å². The summed E-state index contributed by atoms with van der Waals surface area (Å²) in [5, 5.41) is 2.64. The van der Waals surface area contributed by atoms with Gasteiger partial charge in [0.15, 0.2) is 6.61 Å². The van der Waals surface area contributed by atoms with Crippen molar-refractivity contribution in [1.82, 2.24) is 10.2 Å². The normalized spacial score (nSPS) is 10.3. The van der Waals surface area contributed by atoms with Crippen LogP contribution in [-0.4, -0.2) is 42.9 Å². The number of nitrogens with zero attached hydrogens (tertiary/aromatic N) is 1. The lowest BCUT2D eigenvalue weighted by Gasteiger charge is -2.16. The van der Waals surface area contributed by atoms with Crippen LogP contribution < -0.4 is 5.32 Å². The minimum Gasteiger partial charge on any atom is -0.467 e. The fourth-order valence-electron chi connectivity index (χ4n) is 2.37. The van der Waals surface area contributed by atoms with Crippen molar-refractivity contribution >= 4 is 17.8 Å². The number of esters is 1. The fourth-order valence-corrected chi connectivity index (χ4v) is 2.37. The van der Waals surface area contributed by atoms with Crippen LogP contribution in [0.25, 0.3) is 0 Å². The summed E-state index contributed by atoms with van der Waals surface area (Å²) in [7, 11) is 1.47. The summed E-state index contributed by atoms with van der Waals surface area (Å²) in [5.74, 6) is -0.746. The Kier molecular flexibility index (Phi) is 6.54. The summed E-state index contributed by atoms with van der Waals surface area (Å²) in [4.78, 5) is 37.1. The van der Waals surface area contributed by atoms with Gasteiger partial charge in [-0.1, -0.05) is 17.2 Å². The Morgan fingerprint density at radius 2 is 1.85 bits per heavy atom. The predicted octanol–water partition coefficient (Wildman–Crippen LogP) is 1.83. The Bertz CT molecular complexity index is 763. The van der Waals surface area contributed by atoms with Crippen molar-refractivity contribution in [1.29, 1.82) is 0 Å². The Balaban J connectivity index is 1.77. The summed E-state index contributed by atoms with van der Waals surface area (Å²) < 4.78 is 10.2. The van der Waals surface area contributed by atoms with Gasteiger partial charge in [-0.2, -0.15) is 0 Å². The zero-order valence-corrected chi connectivity index (χ0v) is 15.1. The molecule has 2 amide bonds. The lowest BCUT2D eigenvalue weighted by atomic mass is 10.1. The van der Waals surface area contributed by atoms with Crippen LogP contribution in [0.2, 0.25) is 0 Å². The number of carbonyl (C=O) groups is 3. The molecule has 1 heterocycles. The van der Waals surface area contributed by atoms with Crippen molar-refractivity contribution in [2.75, 3.05) is 20.2 Å². The molecule has 0 aliphatic heterocycles. The predicted molar refractivity (Wildman–Crippen MR) is 94.4 cm³/mol. The molecule has 0 aliphatic carbocycles. The third kappa shape index (κ3) is 5.77. The standard InChI is InChI=1S/C19H22N2O5/c1-13-7-14(2)9-15(8-13)19(24)26-12-18(23)21(3)11-17(22)20-10-16-5-4-6-25-16/h4-9H,10-12H2,1-3H3,(H,20,22). The van der Waals surface area contributed by atoms with Gasteiger partial charge in [0.1, 0.15) is 5.76 Å². The van der Waals surface area contributed by atoms with Crippen molar-refractivity contribution in [3.05, 3.63) is 59.0 Å². The van der Waals surface area contributed by atoms with Crippen molar-refractivity contribution in [3.8, 4) is 0 Å². The molecule has 0 fully saturated rings. The maximum atomic E-state index is 12.0. The lowest BCUT2D eigenvalue weighted by molar-refractivity contribution is -0.137. The van der Waals surface area contributed by atoms with Crippen molar-refractivity contribution in [2.24, 2.45) is 0 Å². The number of likely N-dealkylation sites (N-methyl/N-ethyl adjacent to an activating group) is 1. The molecule has 0 saturated carbocycles. The molecule has 1 aromatic carbocycles. The van der Waals surface area contributed by atoms with Crippen LogP contribution in [-0.2, 0) is 20.9 Å². The number of ether oxygens (including phenoxy) is 1. The molecule has 138 valence electrons. The highest BCUT2D eigenvalue weighted by molar-refractivity contribution is 5.92. The molecular formula is C19H22N2O5. The van der Waals surface area contributed by atoms with E-state index >= 15 is 0 Å². The number of furan rings is 1. The van der Waals surface area contributed by atoms with Crippen molar-refractivity contribution in [2.45, 2.75) is 20.4 Å². The molecule has 0 saturated heterocycles. The first kappa shape index (κ1) is 19.2. The summed E-state index contributed by atoms with van der Waals surface area (Å²) >= 11 is 0. The first-order valence-corrected chi connectivity index (χ1v) is 8.13. The molecule has 26 heavy (non-hydrogen) atoms. The first-order valence-electron chi connectivity index (χ1n) is 8.13. The second kappa shape index (κ2) is 8.84. The van der Waals surface area contributed by atoms with Crippen LogP contribution in [0, 0.1) is 13.8 Å². The average molecular weight is 358 g/mol. The fraction of sp³-hybridized carbons (Fsp3) is 0.316. The summed E-state index contributed by atoms with van der Waals surface area (Å²) in [6, 6.07) is 8.80. The number of carbonyl (C=O) groups excluding carboxylic acids is 3. The zero-order chi connectivity index (χ0) is 19.1. The molecule has 2 aromatic rings. The van der Waals surface area contributed by atoms with E-state index < -0.39 is 18.5 Å². The quantitative estimate of drug-likeness (QED) is 0.763. The first-order chi connectivity index (χ1) is 12.3. The van der Waals surface area contributed by atoms with E-state index in [0.29, 0.717) is 11.3 Å². The van der Waals surface area contributed by atoms with Gasteiger partial charge < -0.3 is 19.4 Å². The van der Waals surface area contributed by atoms with Crippen LogP contribution in [0.3, 0.4) is 0 Å². The van der Waals surface area contributed by atoms with E-state index in [0.717, 1.165) is 11.1 Å². The van der Waals surface area contributed by atoms with Gasteiger partial charge in [-0.05, 0) is 38.1 Å². The minimum absolute atomic E-state index is 0.138. The molecule has 1 aromatic heterocycles. The van der Waals surface area contributed by atoms with Crippen LogP contribution in [0.15, 0.2) is 41.0 Å². The highest BCUT2D eigenvalue weighted by atomic mass is 16.5. The second-order valence-electron chi connectivity index (χ2n) is 6.06. The molecule has 1 N–H and O–H groups in total. The third-order valence-electron chi connectivity index (χ3n) is 3.63. The molecule has 0 unspecified atom stereocenters. The molecule has 0 bridgehead atoms. The molecule has 0 atom stereocenters. The monoisotopic (exact) mass is 358 g/mol. The topological polar surface area (TPSA) is 88.9 Å². The van der Waals surface area contributed by atoms with E-state index in [1.54, 1.807) is 24.3 Å². The second-order valence-corrected chi connectivity index (χ2v) is 6.06. The maximum Gasteiger partial charge on any atom is 0.338 e. The smallest absolute Gasteiger partial charge is 0.338 e. The number of nitrogens with one attached hydrogen (secondary N) is 1. The molecule has 0 spiro atoms. The molecule has 7 nitrogen and oxygen atoms in total. The number of aryl methyl sites for hydroxylation is 2. The van der Waals surface area contributed by atoms with Crippen molar-refractivity contribution < 1.29 is 23.5 Å². The van der Waals surface area contributed by atoms with Crippen LogP contribution in [0.5, 0.6) is 0 Å². The molecule has 0 radical (unpaired) electrons. The zero-order valence-electron chi connectivity index (χ0n) is 15.1. The van der Waals surface area contributed by atoms with E-state index in [1.165, 1.54) is 18.2 Å². The van der Waals surface area contributed by atoms with Crippen molar-refractivity contribution in [3.63, 3.8) is 0 Å². The van der Waals surface area contributed by atoms with E-state index in [1.807, 2.05) is 19.9 Å². The molecule has 2 rings (SSSR count). The van der Waals surface area contributed by atoms with Gasteiger partial charge in [-0.15, -0.1) is 0 Å². The highest BCUT2D eigenvalue weighted by Crippen LogP contribution is 2.10. The minimum atomic E-state index is -0.569. The largest absolute Gasteiger partial charge is 0.467 e. The van der Waals surface area contributed by atoms with Gasteiger partial charge in [-0.3, -0.25) is 9.59 Å². The van der Waals surface area contributed by atoms with E-state index in [9.17, 15) is 14.4 Å². The summed E-state index contributed by atoms with van der Waals surface area (Å²) in [6.45, 7) is 3.44. The Morgan fingerprint density at radius 1 is 1.15 bits per heavy atom. The van der Waals surface area contributed by atoms with Gasteiger partial charge in [-0.25, -0.2) is 4.79 Å². The van der Waals surface area contributed by atoms with Crippen LogP contribution in [0.4, 0.5) is 0 Å². The average Bonchev–Trinajstić information content (AvgIpc) is 3.10. The number of rotatable bonds is 7. The molecule has 7 heteroatoms. The maximum absolute atomic E-state index is 12.0. The molecular weight excluding hydrogens is 336 g/mol. The summed E-state index contributed by atoms with van der Waals surface area (Å²) in [5.41, 5.74) is 2.27. The Labute approximate surface area is 151 Å². The van der Waals surface area contributed by atoms with Gasteiger partial charge >= 0.3 is 5.97 Å². The SMILES string of the molecule is Cc1cc(C)cc(C(=O)OCC(=O)N(C)CC(=O)NCc2ccco2)c1. The number of hydrogen-bond acceptors (Lipinski definition) is 5. The van der Waals surface area contributed by atoms with Crippen LogP contribution in [0.1, 0.15) is 27.2 Å². The lowest BCUT2D eigenvalue weighted by Crippen LogP contribution is -2.39. The van der Waals surface area contributed by atoms with Gasteiger partial charge in [0.05, 0.1) is 24.9 Å². The van der Waals surface area contributed by atoms with E-state index in [-0.39, 0.29) is 19.0 Å². The van der Waals surface area contributed by atoms with E-state index in [4.69, 9.17) is 9.15 Å². The number of amides is 2. The molecule has 0 aliphatic rings. The number of hydrogen-bond donors (Lipinski definition) is 1. The van der Waals surface area contributed by atoms with Gasteiger partial charge in [0, 0.05) is 7.05 Å². The Morgan fingerprint density at radius 3 is 2.46 bits per heavy atom. The Hall–Kier alpha value is -3.09. The van der Waals surface area contributed by atoms with E-state index in [2.05, 4.69) is 5.32 Å². The van der Waals surface area contributed by atoms with Gasteiger partial charge in [0.2, 0.25) is 5.91 Å². The summed E-state index contributed by atoms with van der Waals surface area (Å²) in [6.07, 6.45) is 1.52. The van der Waals surface area contributed by atoms with Gasteiger partial charge in [0.25, 0.3) is 5.91 Å². The number of benzene rings is 1. The highest BCUT2D eigenvalue weighted by Gasteiger charge is 2.16.